The molecule has 10 heteroatoms. The zero-order valence-corrected chi connectivity index (χ0v) is 22.3. The van der Waals surface area contributed by atoms with Crippen LogP contribution >= 0.6 is 0 Å². The Balaban J connectivity index is 1.16. The number of hydrogen-bond acceptors (Lipinski definition) is 9. The first kappa shape index (κ1) is 25.2. The van der Waals surface area contributed by atoms with E-state index in [0.29, 0.717) is 42.9 Å². The molecule has 1 aliphatic carbocycles. The van der Waals surface area contributed by atoms with Crippen molar-refractivity contribution >= 4 is 5.82 Å². The molecule has 1 unspecified atom stereocenters. The van der Waals surface area contributed by atoms with Crippen LogP contribution < -0.4 is 24.7 Å². The summed E-state index contributed by atoms with van der Waals surface area (Å²) >= 11 is 0. The number of nitrogens with zero attached hydrogens (tertiary/aromatic N) is 4. The molecule has 3 heterocycles. The minimum atomic E-state index is -0.0355. The van der Waals surface area contributed by atoms with Gasteiger partial charge in [0, 0.05) is 5.92 Å². The van der Waals surface area contributed by atoms with Crippen molar-refractivity contribution in [3.63, 3.8) is 0 Å². The fourth-order valence-electron chi connectivity index (χ4n) is 5.06. The van der Waals surface area contributed by atoms with Gasteiger partial charge in [0.25, 0.3) is 0 Å². The Morgan fingerprint density at radius 1 is 1.03 bits per heavy atom. The number of aromatic nitrogens is 4. The van der Waals surface area contributed by atoms with Crippen LogP contribution in [0.1, 0.15) is 55.5 Å². The van der Waals surface area contributed by atoms with Crippen LogP contribution in [0.2, 0.25) is 0 Å². The SMILES string of the molecule is COc1ccc(Cn2cnc(N)c3nc(C(C)COCc4ccc5c(c4)OCO5)nc2-3)cc1OC1CCCC1. The summed E-state index contributed by atoms with van der Waals surface area (Å²) in [6.45, 7) is 3.75. The molecule has 0 amide bonds. The van der Waals surface area contributed by atoms with Crippen LogP contribution in [0.5, 0.6) is 23.0 Å². The molecule has 6 rings (SSSR count). The highest BCUT2D eigenvalue weighted by Gasteiger charge is 2.23. The molecule has 2 N–H and O–H groups in total. The molecule has 10 nitrogen and oxygen atoms in total. The van der Waals surface area contributed by atoms with Crippen molar-refractivity contribution in [2.45, 2.75) is 57.8 Å². The Morgan fingerprint density at radius 3 is 2.69 bits per heavy atom. The van der Waals surface area contributed by atoms with Gasteiger partial charge in [-0.2, -0.15) is 0 Å². The van der Waals surface area contributed by atoms with Gasteiger partial charge in [-0.15, -0.1) is 0 Å². The average Bonchev–Trinajstić information content (AvgIpc) is 3.72. The molecule has 204 valence electrons. The first-order valence-corrected chi connectivity index (χ1v) is 13.4. The Morgan fingerprint density at radius 2 is 1.85 bits per heavy atom. The zero-order chi connectivity index (χ0) is 26.8. The molecule has 4 aliphatic rings. The van der Waals surface area contributed by atoms with Crippen LogP contribution in [0, 0.1) is 0 Å². The second kappa shape index (κ2) is 11.0. The van der Waals surface area contributed by atoms with Gasteiger partial charge in [0.1, 0.15) is 5.82 Å². The molecule has 0 saturated heterocycles. The van der Waals surface area contributed by atoms with E-state index in [-0.39, 0.29) is 18.8 Å². The zero-order valence-electron chi connectivity index (χ0n) is 22.3. The summed E-state index contributed by atoms with van der Waals surface area (Å²) in [5.41, 5.74) is 8.84. The van der Waals surface area contributed by atoms with Crippen molar-refractivity contribution in [1.82, 2.24) is 19.5 Å². The van der Waals surface area contributed by atoms with Crippen LogP contribution in [0.15, 0.2) is 42.7 Å². The molecule has 3 aliphatic heterocycles. The monoisotopic (exact) mass is 531 g/mol. The van der Waals surface area contributed by atoms with Crippen LogP contribution in [0.4, 0.5) is 5.82 Å². The first-order valence-electron chi connectivity index (χ1n) is 13.4. The van der Waals surface area contributed by atoms with Gasteiger partial charge in [-0.25, -0.2) is 15.0 Å². The largest absolute Gasteiger partial charge is 0.493 e. The maximum Gasteiger partial charge on any atom is 0.231 e. The van der Waals surface area contributed by atoms with Gasteiger partial charge in [0.05, 0.1) is 39.3 Å². The van der Waals surface area contributed by atoms with Crippen molar-refractivity contribution in [1.29, 1.82) is 0 Å². The number of fused-ring (bicyclic) bond motifs is 2. The molecular weight excluding hydrogens is 498 g/mol. The molecule has 0 spiro atoms. The first-order chi connectivity index (χ1) is 19.1. The van der Waals surface area contributed by atoms with E-state index in [2.05, 4.69) is 4.98 Å². The molecule has 0 bridgehead atoms. The lowest BCUT2D eigenvalue weighted by molar-refractivity contribution is 0.109. The maximum absolute atomic E-state index is 6.28. The number of ether oxygens (including phenoxy) is 5. The van der Waals surface area contributed by atoms with Gasteiger partial charge < -0.3 is 34.0 Å². The van der Waals surface area contributed by atoms with Gasteiger partial charge >= 0.3 is 0 Å². The van der Waals surface area contributed by atoms with E-state index in [1.807, 2.05) is 47.9 Å². The molecule has 0 radical (unpaired) electrons. The summed E-state index contributed by atoms with van der Waals surface area (Å²) in [6.07, 6.45) is 6.52. The van der Waals surface area contributed by atoms with E-state index in [9.17, 15) is 0 Å². The Bertz CT molecular complexity index is 1420. The smallest absolute Gasteiger partial charge is 0.231 e. The van der Waals surface area contributed by atoms with Crippen LogP contribution in [0.3, 0.4) is 0 Å². The van der Waals surface area contributed by atoms with Gasteiger partial charge in [-0.1, -0.05) is 19.1 Å². The summed E-state index contributed by atoms with van der Waals surface area (Å²) in [5.74, 6) is 4.69. The van der Waals surface area contributed by atoms with E-state index in [4.69, 9.17) is 39.4 Å². The third-order valence-electron chi connectivity index (χ3n) is 7.20. The van der Waals surface area contributed by atoms with E-state index in [0.717, 1.165) is 47.0 Å². The number of methoxy groups -OCH3 is 1. The summed E-state index contributed by atoms with van der Waals surface area (Å²) in [7, 11) is 1.67. The van der Waals surface area contributed by atoms with E-state index in [1.54, 1.807) is 13.4 Å². The Hall–Kier alpha value is -4.05. The molecule has 39 heavy (non-hydrogen) atoms. The number of imidazole rings is 1. The van der Waals surface area contributed by atoms with Gasteiger partial charge in [0.15, 0.2) is 40.3 Å². The van der Waals surface area contributed by atoms with Crippen LogP contribution in [-0.2, 0) is 17.9 Å². The van der Waals surface area contributed by atoms with Crippen molar-refractivity contribution < 1.29 is 23.7 Å². The minimum absolute atomic E-state index is 0.0355. The van der Waals surface area contributed by atoms with Crippen molar-refractivity contribution in [3.8, 4) is 34.5 Å². The van der Waals surface area contributed by atoms with Crippen molar-refractivity contribution in [2.24, 2.45) is 0 Å². The van der Waals surface area contributed by atoms with Crippen LogP contribution in [-0.4, -0.2) is 46.1 Å². The summed E-state index contributed by atoms with van der Waals surface area (Å²) in [6, 6.07) is 11.8. The molecule has 1 atom stereocenters. The summed E-state index contributed by atoms with van der Waals surface area (Å²) < 4.78 is 30.6. The molecule has 2 aromatic rings. The summed E-state index contributed by atoms with van der Waals surface area (Å²) in [4.78, 5) is 13.9. The van der Waals surface area contributed by atoms with Gasteiger partial charge in [-0.3, -0.25) is 0 Å². The molecule has 1 fully saturated rings. The third kappa shape index (κ3) is 5.42. The lowest BCUT2D eigenvalue weighted by atomic mass is 10.2. The van der Waals surface area contributed by atoms with Gasteiger partial charge in [0.2, 0.25) is 6.79 Å². The standard InChI is InChI=1S/C29H33N5O5/c1-18(14-36-15-20-8-10-23-24(12-20)38-17-37-23)28-32-26-27(30)31-16-34(29(26)33-28)13-19-7-9-22(35-2)25(11-19)39-21-5-3-4-6-21/h7-12,16,18,21H,3-6,13-15,17,30H2,1-2H3. The topological polar surface area (TPSA) is 116 Å². The highest BCUT2D eigenvalue weighted by molar-refractivity contribution is 5.65. The fraction of sp³-hybridized carbons (Fsp3) is 0.414. The molecule has 0 aromatic heterocycles. The highest BCUT2D eigenvalue weighted by Crippen LogP contribution is 2.34. The summed E-state index contributed by atoms with van der Waals surface area (Å²) in [5, 5.41) is 0. The second-order valence-electron chi connectivity index (χ2n) is 10.1. The number of benzene rings is 2. The lowest BCUT2D eigenvalue weighted by Gasteiger charge is -2.17. The predicted molar refractivity (Wildman–Crippen MR) is 144 cm³/mol. The molecule has 1 saturated carbocycles. The van der Waals surface area contributed by atoms with Gasteiger partial charge in [-0.05, 0) is 61.1 Å². The van der Waals surface area contributed by atoms with Crippen molar-refractivity contribution in [2.75, 3.05) is 26.2 Å². The van der Waals surface area contributed by atoms with Crippen molar-refractivity contribution in [3.05, 3.63) is 59.7 Å². The fourth-order valence-corrected chi connectivity index (χ4v) is 5.06. The minimum Gasteiger partial charge on any atom is -0.493 e. The number of nitrogen functional groups attached to an aromatic ring is 1. The van der Waals surface area contributed by atoms with E-state index < -0.39 is 0 Å². The number of nitrogens with two attached hydrogens (primary N) is 1. The highest BCUT2D eigenvalue weighted by atomic mass is 16.7. The molecule has 2 aromatic carbocycles. The third-order valence-corrected chi connectivity index (χ3v) is 7.20. The second-order valence-corrected chi connectivity index (χ2v) is 10.1. The number of hydrogen-bond donors (Lipinski definition) is 1. The lowest BCUT2D eigenvalue weighted by Crippen LogP contribution is -2.12. The van der Waals surface area contributed by atoms with E-state index >= 15 is 0 Å². The quantitative estimate of drug-likeness (QED) is 0.308. The Labute approximate surface area is 227 Å². The molecular formula is C29H33N5O5. The number of anilines is 1. The normalized spacial score (nSPS) is 15.6. The number of rotatable bonds is 10. The predicted octanol–water partition coefficient (Wildman–Crippen LogP) is 4.79. The van der Waals surface area contributed by atoms with Crippen LogP contribution in [0.25, 0.3) is 11.5 Å². The van der Waals surface area contributed by atoms with E-state index in [1.165, 1.54) is 12.8 Å². The average molecular weight is 532 g/mol. The Kier molecular flexibility index (Phi) is 7.10. The maximum atomic E-state index is 6.28.